The van der Waals surface area contributed by atoms with Gasteiger partial charge in [-0.25, -0.2) is 4.39 Å². The second kappa shape index (κ2) is 7.05. The van der Waals surface area contributed by atoms with Gasteiger partial charge in [0.1, 0.15) is 5.82 Å². The highest BCUT2D eigenvalue weighted by molar-refractivity contribution is 9.10. The Balaban J connectivity index is 2.20. The highest BCUT2D eigenvalue weighted by atomic mass is 79.9. The molecule has 2 aromatic carbocycles. The predicted octanol–water partition coefficient (Wildman–Crippen LogP) is 4.73. The third kappa shape index (κ3) is 4.55. The maximum Gasteiger partial charge on any atom is 0.307 e. The van der Waals surface area contributed by atoms with Gasteiger partial charge in [-0.1, -0.05) is 39.7 Å². The molecule has 2 aromatic rings. The fourth-order valence-corrected chi connectivity index (χ4v) is 2.80. The molecule has 5 heteroatoms. The van der Waals surface area contributed by atoms with E-state index in [9.17, 15) is 14.3 Å². The van der Waals surface area contributed by atoms with Crippen LogP contribution in [0.2, 0.25) is 5.02 Å². The summed E-state index contributed by atoms with van der Waals surface area (Å²) in [4.78, 5) is 11.4. The van der Waals surface area contributed by atoms with Crippen molar-refractivity contribution >= 4 is 33.5 Å². The van der Waals surface area contributed by atoms with Gasteiger partial charge in [-0.05, 0) is 54.3 Å². The Morgan fingerprint density at radius 1 is 1.24 bits per heavy atom. The zero-order valence-corrected chi connectivity index (χ0v) is 13.4. The number of hydrogen-bond acceptors (Lipinski definition) is 1. The number of halogens is 3. The number of hydrogen-bond donors (Lipinski definition) is 1. The summed E-state index contributed by atoms with van der Waals surface area (Å²) in [6.07, 6.45) is 0.556. The van der Waals surface area contributed by atoms with Crippen LogP contribution in [0.1, 0.15) is 11.1 Å². The van der Waals surface area contributed by atoms with Crippen molar-refractivity contribution in [1.29, 1.82) is 0 Å². The fraction of sp³-hybridized carbons (Fsp3) is 0.188. The standard InChI is InChI=1S/C16H13BrClFO2/c17-13-3-1-2-10(7-13)6-12(16(20)21)8-11-9-14(19)4-5-15(11)18/h1-5,7,9,12H,6,8H2,(H,20,21). The Bertz CT molecular complexity index is 660. The average molecular weight is 372 g/mol. The van der Waals surface area contributed by atoms with Crippen LogP contribution >= 0.6 is 27.5 Å². The first-order valence-corrected chi connectivity index (χ1v) is 7.54. The molecular weight excluding hydrogens is 359 g/mol. The molecule has 21 heavy (non-hydrogen) atoms. The highest BCUT2D eigenvalue weighted by Gasteiger charge is 2.20. The molecule has 1 unspecified atom stereocenters. The lowest BCUT2D eigenvalue weighted by Crippen LogP contribution is -2.19. The molecule has 0 spiro atoms. The van der Waals surface area contributed by atoms with E-state index >= 15 is 0 Å². The van der Waals surface area contributed by atoms with Gasteiger partial charge in [-0.15, -0.1) is 0 Å². The smallest absolute Gasteiger partial charge is 0.307 e. The molecule has 0 aliphatic heterocycles. The molecule has 1 atom stereocenters. The van der Waals surface area contributed by atoms with Crippen LogP contribution in [0.15, 0.2) is 46.9 Å². The summed E-state index contributed by atoms with van der Waals surface area (Å²) in [5, 5.41) is 9.76. The fourth-order valence-electron chi connectivity index (χ4n) is 2.16. The molecule has 0 bridgehead atoms. The number of aliphatic carboxylic acids is 1. The predicted molar refractivity (Wildman–Crippen MR) is 84.1 cm³/mol. The normalized spacial score (nSPS) is 12.1. The van der Waals surface area contributed by atoms with Crippen LogP contribution < -0.4 is 0 Å². The zero-order chi connectivity index (χ0) is 15.4. The average Bonchev–Trinajstić information content (AvgIpc) is 2.42. The van der Waals surface area contributed by atoms with Gasteiger partial charge in [0.15, 0.2) is 0 Å². The van der Waals surface area contributed by atoms with Crippen LogP contribution in [-0.4, -0.2) is 11.1 Å². The van der Waals surface area contributed by atoms with Gasteiger partial charge < -0.3 is 5.11 Å². The summed E-state index contributed by atoms with van der Waals surface area (Å²) in [5.41, 5.74) is 1.42. The van der Waals surface area contributed by atoms with Gasteiger partial charge in [-0.3, -0.25) is 4.79 Å². The SMILES string of the molecule is O=C(O)C(Cc1cccc(Br)c1)Cc1cc(F)ccc1Cl. The van der Waals surface area contributed by atoms with Crippen molar-refractivity contribution in [3.05, 3.63) is 68.9 Å². The van der Waals surface area contributed by atoms with Gasteiger partial charge in [0.05, 0.1) is 5.92 Å². The van der Waals surface area contributed by atoms with E-state index in [4.69, 9.17) is 11.6 Å². The van der Waals surface area contributed by atoms with E-state index in [1.54, 1.807) is 0 Å². The number of carboxylic acids is 1. The lowest BCUT2D eigenvalue weighted by molar-refractivity contribution is -0.141. The molecule has 0 heterocycles. The van der Waals surface area contributed by atoms with Crippen LogP contribution in [0.3, 0.4) is 0 Å². The molecule has 0 fully saturated rings. The van der Waals surface area contributed by atoms with Gasteiger partial charge in [0, 0.05) is 9.50 Å². The number of benzene rings is 2. The third-order valence-electron chi connectivity index (χ3n) is 3.19. The number of rotatable bonds is 5. The summed E-state index contributed by atoms with van der Waals surface area (Å²) in [5.74, 6) is -1.99. The lowest BCUT2D eigenvalue weighted by atomic mass is 9.92. The molecule has 0 saturated carbocycles. The first-order chi connectivity index (χ1) is 9.95. The second-order valence-corrected chi connectivity index (χ2v) is 6.13. The minimum atomic E-state index is -0.921. The summed E-state index contributed by atoms with van der Waals surface area (Å²) < 4.78 is 14.2. The van der Waals surface area contributed by atoms with Crippen LogP contribution in [0.25, 0.3) is 0 Å². The highest BCUT2D eigenvalue weighted by Crippen LogP contribution is 2.23. The van der Waals surface area contributed by atoms with Crippen LogP contribution in [-0.2, 0) is 17.6 Å². The summed E-state index contributed by atoms with van der Waals surface area (Å²) >= 11 is 9.37. The zero-order valence-electron chi connectivity index (χ0n) is 11.0. The Kier molecular flexibility index (Phi) is 5.37. The Labute approximate surface area is 135 Å². The van der Waals surface area contributed by atoms with Crippen molar-refractivity contribution in [3.63, 3.8) is 0 Å². The van der Waals surface area contributed by atoms with Gasteiger partial charge in [-0.2, -0.15) is 0 Å². The molecule has 2 nitrogen and oxygen atoms in total. The van der Waals surface area contributed by atoms with E-state index in [0.29, 0.717) is 17.0 Å². The van der Waals surface area contributed by atoms with Gasteiger partial charge >= 0.3 is 5.97 Å². The number of carbonyl (C=O) groups is 1. The van der Waals surface area contributed by atoms with E-state index in [1.807, 2.05) is 24.3 Å². The van der Waals surface area contributed by atoms with Gasteiger partial charge in [0.25, 0.3) is 0 Å². The molecule has 110 valence electrons. The first-order valence-electron chi connectivity index (χ1n) is 6.37. The largest absolute Gasteiger partial charge is 0.481 e. The molecule has 0 saturated heterocycles. The van der Waals surface area contributed by atoms with E-state index in [0.717, 1.165) is 10.0 Å². The first kappa shape index (κ1) is 16.0. The van der Waals surface area contributed by atoms with Crippen molar-refractivity contribution in [1.82, 2.24) is 0 Å². The Hall–Kier alpha value is -1.39. The van der Waals surface area contributed by atoms with E-state index < -0.39 is 17.7 Å². The maximum absolute atomic E-state index is 13.3. The molecular formula is C16H13BrClFO2. The quantitative estimate of drug-likeness (QED) is 0.825. The van der Waals surface area contributed by atoms with E-state index in [2.05, 4.69) is 15.9 Å². The summed E-state index contributed by atoms with van der Waals surface area (Å²) in [7, 11) is 0. The van der Waals surface area contributed by atoms with E-state index in [-0.39, 0.29) is 6.42 Å². The van der Waals surface area contributed by atoms with Crippen LogP contribution in [0.4, 0.5) is 4.39 Å². The summed E-state index contributed by atoms with van der Waals surface area (Å²) in [6.45, 7) is 0. The lowest BCUT2D eigenvalue weighted by Gasteiger charge is -2.14. The second-order valence-electron chi connectivity index (χ2n) is 4.81. The Morgan fingerprint density at radius 3 is 2.67 bits per heavy atom. The molecule has 0 radical (unpaired) electrons. The van der Waals surface area contributed by atoms with Crippen LogP contribution in [0.5, 0.6) is 0 Å². The monoisotopic (exact) mass is 370 g/mol. The van der Waals surface area contributed by atoms with Crippen molar-refractivity contribution in [2.24, 2.45) is 5.92 Å². The number of carboxylic acid groups (broad SMARTS) is 1. The van der Waals surface area contributed by atoms with Gasteiger partial charge in [0.2, 0.25) is 0 Å². The maximum atomic E-state index is 13.3. The minimum Gasteiger partial charge on any atom is -0.481 e. The van der Waals surface area contributed by atoms with Crippen molar-refractivity contribution in [2.45, 2.75) is 12.8 Å². The molecule has 1 N–H and O–H groups in total. The molecule has 0 amide bonds. The van der Waals surface area contributed by atoms with Crippen LogP contribution in [0, 0.1) is 11.7 Å². The van der Waals surface area contributed by atoms with Crippen molar-refractivity contribution in [2.75, 3.05) is 0 Å². The van der Waals surface area contributed by atoms with Crippen molar-refractivity contribution < 1.29 is 14.3 Å². The molecule has 0 aromatic heterocycles. The topological polar surface area (TPSA) is 37.3 Å². The Morgan fingerprint density at radius 2 is 2.00 bits per heavy atom. The third-order valence-corrected chi connectivity index (χ3v) is 4.06. The van der Waals surface area contributed by atoms with Crippen molar-refractivity contribution in [3.8, 4) is 0 Å². The minimum absolute atomic E-state index is 0.193. The molecule has 0 aliphatic carbocycles. The molecule has 0 aliphatic rings. The molecule has 2 rings (SSSR count). The summed E-state index contributed by atoms with van der Waals surface area (Å²) in [6, 6.07) is 11.5. The van der Waals surface area contributed by atoms with E-state index in [1.165, 1.54) is 18.2 Å².